The Balaban J connectivity index is 1.69. The molecule has 2 aliphatic heterocycles. The number of fused-ring (bicyclic) bond motifs is 17. The van der Waals surface area contributed by atoms with Crippen molar-refractivity contribution in [2.45, 2.75) is 81.7 Å². The monoisotopic (exact) mass is 725 g/mol. The maximum absolute atomic E-state index is 14.5. The Labute approximate surface area is 296 Å². The van der Waals surface area contributed by atoms with Crippen LogP contribution in [-0.2, 0) is 42.0 Å². The Morgan fingerprint density at radius 3 is 2.04 bits per heavy atom. The van der Waals surface area contributed by atoms with E-state index in [1.54, 1.807) is 38.1 Å². The van der Waals surface area contributed by atoms with Gasteiger partial charge in [-0.05, 0) is 68.0 Å². The summed E-state index contributed by atoms with van der Waals surface area (Å²) in [5, 5.41) is 20.9. The fraction of sp³-hybridized carbons (Fsp3) is 0.389. The molecule has 3 aromatic carbocycles. The van der Waals surface area contributed by atoms with E-state index < -0.39 is 86.6 Å². The predicted octanol–water partition coefficient (Wildman–Crippen LogP) is 1.35. The second-order valence-electron chi connectivity index (χ2n) is 12.8. The minimum atomic E-state index is -4.55. The van der Waals surface area contributed by atoms with Gasteiger partial charge in [-0.15, -0.1) is 0 Å². The molecule has 274 valence electrons. The van der Waals surface area contributed by atoms with E-state index >= 15 is 0 Å². The Morgan fingerprint density at radius 2 is 1.41 bits per heavy atom. The van der Waals surface area contributed by atoms with Gasteiger partial charge in [0.2, 0.25) is 33.7 Å². The summed E-state index contributed by atoms with van der Waals surface area (Å²) in [4.78, 5) is 53.2. The minimum absolute atomic E-state index is 0.0382. The van der Waals surface area contributed by atoms with Crippen LogP contribution in [0.25, 0.3) is 0 Å². The molecule has 0 aromatic heterocycles. The summed E-state index contributed by atoms with van der Waals surface area (Å²) in [6.07, 6.45) is -1.21. The van der Waals surface area contributed by atoms with E-state index in [0.717, 1.165) is 17.7 Å². The molecule has 0 fully saturated rings. The van der Waals surface area contributed by atoms with E-state index in [1.807, 2.05) is 30.3 Å². The number of ether oxygens (including phenoxy) is 1. The van der Waals surface area contributed by atoms with Gasteiger partial charge in [0.1, 0.15) is 47.2 Å². The molecular weight excluding hydrogens is 681 g/mol. The highest BCUT2D eigenvalue weighted by Gasteiger charge is 2.34. The number of sulfonamides is 1. The minimum Gasteiger partial charge on any atom is -0.491 e. The maximum Gasteiger partial charge on any atom is 0.245 e. The van der Waals surface area contributed by atoms with Crippen LogP contribution >= 0.6 is 0 Å². The average molecular weight is 726 g/mol. The smallest absolute Gasteiger partial charge is 0.245 e. The van der Waals surface area contributed by atoms with Gasteiger partial charge in [0.15, 0.2) is 0 Å². The molecule has 51 heavy (non-hydrogen) atoms. The molecule has 6 N–H and O–H groups in total. The number of halogens is 1. The van der Waals surface area contributed by atoms with Gasteiger partial charge in [-0.2, -0.15) is 4.72 Å². The van der Waals surface area contributed by atoms with Crippen LogP contribution in [0.4, 0.5) is 4.39 Å². The molecule has 5 rings (SSSR count). The van der Waals surface area contributed by atoms with Gasteiger partial charge in [0, 0.05) is 0 Å². The van der Waals surface area contributed by atoms with Gasteiger partial charge >= 0.3 is 0 Å². The zero-order valence-electron chi connectivity index (χ0n) is 28.8. The zero-order valence-corrected chi connectivity index (χ0v) is 29.6. The number of amides is 4. The van der Waals surface area contributed by atoms with Crippen molar-refractivity contribution >= 4 is 33.7 Å². The summed E-state index contributed by atoms with van der Waals surface area (Å²) in [5.41, 5.74) is 1.43. The van der Waals surface area contributed by atoms with Gasteiger partial charge in [-0.25, -0.2) is 12.8 Å². The summed E-state index contributed by atoms with van der Waals surface area (Å²) in [6.45, 7) is 6.09. The molecule has 0 saturated heterocycles. The van der Waals surface area contributed by atoms with Crippen LogP contribution in [0.3, 0.4) is 0 Å². The highest BCUT2D eigenvalue weighted by atomic mass is 32.2. The molecule has 3 aromatic rings. The lowest BCUT2D eigenvalue weighted by Crippen LogP contribution is -2.61. The molecule has 0 radical (unpaired) electrons. The van der Waals surface area contributed by atoms with E-state index in [1.165, 1.54) is 26.0 Å². The summed E-state index contributed by atoms with van der Waals surface area (Å²) in [7, 11) is -4.55. The first-order valence-corrected chi connectivity index (χ1v) is 18.0. The lowest BCUT2D eigenvalue weighted by atomic mass is 10.0. The van der Waals surface area contributed by atoms with Crippen LogP contribution in [0.5, 0.6) is 5.75 Å². The first-order chi connectivity index (χ1) is 24.1. The lowest BCUT2D eigenvalue weighted by Gasteiger charge is -2.29. The average Bonchev–Trinajstić information content (AvgIpc) is 3.08. The fourth-order valence-corrected chi connectivity index (χ4v) is 6.71. The third-order valence-corrected chi connectivity index (χ3v) is 9.79. The Morgan fingerprint density at radius 1 is 0.804 bits per heavy atom. The van der Waals surface area contributed by atoms with Gasteiger partial charge in [-0.3, -0.25) is 19.2 Å². The number of rotatable bonds is 7. The van der Waals surface area contributed by atoms with Crippen molar-refractivity contribution in [3.05, 3.63) is 95.8 Å². The third kappa shape index (κ3) is 10.8. The molecule has 0 unspecified atom stereocenters. The molecule has 2 heterocycles. The largest absolute Gasteiger partial charge is 0.491 e. The van der Waals surface area contributed by atoms with E-state index in [-0.39, 0.29) is 13.0 Å². The van der Waals surface area contributed by atoms with E-state index in [9.17, 15) is 37.1 Å². The van der Waals surface area contributed by atoms with Gasteiger partial charge in [-0.1, -0.05) is 68.4 Å². The predicted molar refractivity (Wildman–Crippen MR) is 186 cm³/mol. The van der Waals surface area contributed by atoms with Gasteiger partial charge in [0.25, 0.3) is 0 Å². The van der Waals surface area contributed by atoms with Crippen LogP contribution < -0.4 is 30.7 Å². The van der Waals surface area contributed by atoms with Crippen molar-refractivity contribution < 1.29 is 41.8 Å². The lowest BCUT2D eigenvalue weighted by molar-refractivity contribution is -0.136. The Hall–Kier alpha value is -4.86. The quantitative estimate of drug-likeness (QED) is 0.197. The SMILES string of the molecule is CC(C)[C@H]1NC(=O)[C@H]([C@@H](C)O)NC(=O)[C@@H](C)NC(=O)[C@@H](NS(=O)(=O)c2ccccc2F)Cc2ccc(cc2)OC[C@H](Cc2ccccc2)NC1=O. The number of nitrogens with one attached hydrogen (secondary N) is 5. The van der Waals surface area contributed by atoms with Gasteiger partial charge < -0.3 is 31.1 Å². The second kappa shape index (κ2) is 17.4. The highest BCUT2D eigenvalue weighted by Crippen LogP contribution is 2.18. The summed E-state index contributed by atoms with van der Waals surface area (Å²) >= 11 is 0. The van der Waals surface area contributed by atoms with Crippen molar-refractivity contribution in [1.82, 2.24) is 26.0 Å². The van der Waals surface area contributed by atoms with Crippen molar-refractivity contribution in [1.29, 1.82) is 0 Å². The van der Waals surface area contributed by atoms with Crippen LogP contribution in [-0.4, -0.2) is 80.1 Å². The first-order valence-electron chi connectivity index (χ1n) is 16.6. The Bertz CT molecular complexity index is 1790. The number of carbonyl (C=O) groups is 4. The topological polar surface area (TPSA) is 192 Å². The summed E-state index contributed by atoms with van der Waals surface area (Å²) in [6, 6.07) is 14.7. The van der Waals surface area contributed by atoms with Crippen molar-refractivity contribution in [2.75, 3.05) is 6.61 Å². The molecule has 15 heteroatoms. The normalized spacial score (nSPS) is 23.3. The Kier molecular flexibility index (Phi) is 13.3. The first kappa shape index (κ1) is 38.9. The van der Waals surface area contributed by atoms with E-state index in [2.05, 4.69) is 26.0 Å². The van der Waals surface area contributed by atoms with Crippen LogP contribution in [0.15, 0.2) is 83.8 Å². The standard InChI is InChI=1S/C36H44FN5O8S/c1-21(2)31-35(46)39-26(18-24-10-6-5-7-11-24)20-50-27-16-14-25(15-17-27)19-29(42-51(48,49)30-13-9-8-12-28(30)37)34(45)38-22(3)33(44)41-32(23(4)43)36(47)40-31/h5-17,21-23,26,29,31-32,42-43H,18-20H2,1-4H3,(H,38,45)(H,39,46)(H,40,47)(H,41,44)/t22-,23-,26+,29+,31-,32+/m1/s1. The van der Waals surface area contributed by atoms with Gasteiger partial charge in [0.05, 0.1) is 12.1 Å². The number of benzene rings is 3. The number of hydrogen-bond donors (Lipinski definition) is 6. The maximum atomic E-state index is 14.5. The number of hydrogen-bond acceptors (Lipinski definition) is 8. The molecule has 6 atom stereocenters. The number of aliphatic hydroxyl groups is 1. The van der Waals surface area contributed by atoms with E-state index in [0.29, 0.717) is 17.7 Å². The molecule has 13 nitrogen and oxygen atoms in total. The molecule has 2 aliphatic rings. The zero-order chi connectivity index (χ0) is 37.3. The van der Waals surface area contributed by atoms with Crippen molar-refractivity contribution in [3.8, 4) is 5.75 Å². The molecular formula is C36H44FN5O8S. The molecule has 0 saturated carbocycles. The number of aliphatic hydroxyl groups excluding tert-OH is 1. The third-order valence-electron chi connectivity index (χ3n) is 8.29. The molecule has 0 aliphatic carbocycles. The highest BCUT2D eigenvalue weighted by molar-refractivity contribution is 7.89. The van der Waals surface area contributed by atoms with Crippen LogP contribution in [0, 0.1) is 11.7 Å². The van der Waals surface area contributed by atoms with Crippen LogP contribution in [0.1, 0.15) is 38.8 Å². The summed E-state index contributed by atoms with van der Waals surface area (Å²) < 4.78 is 49.3. The summed E-state index contributed by atoms with van der Waals surface area (Å²) in [5.74, 6) is -4.11. The number of carbonyl (C=O) groups excluding carboxylic acids is 4. The molecule has 0 spiro atoms. The van der Waals surface area contributed by atoms with Crippen molar-refractivity contribution in [2.24, 2.45) is 5.92 Å². The second-order valence-corrected chi connectivity index (χ2v) is 14.5. The molecule has 4 amide bonds. The van der Waals surface area contributed by atoms with Crippen molar-refractivity contribution in [3.63, 3.8) is 0 Å². The van der Waals surface area contributed by atoms with Crippen LogP contribution in [0.2, 0.25) is 0 Å². The molecule has 2 bridgehead atoms. The fourth-order valence-electron chi connectivity index (χ4n) is 5.44. The van der Waals surface area contributed by atoms with E-state index in [4.69, 9.17) is 4.74 Å².